The largest absolute Gasteiger partial charge is 0.469 e. The Hall–Kier alpha value is -1.71. The van der Waals surface area contributed by atoms with Crippen LogP contribution < -0.4 is 5.32 Å². The van der Waals surface area contributed by atoms with Crippen LogP contribution in [-0.4, -0.2) is 0 Å². The predicted octanol–water partition coefficient (Wildman–Crippen LogP) is 4.85. The van der Waals surface area contributed by atoms with Crippen molar-refractivity contribution in [1.82, 2.24) is 5.32 Å². The molecule has 1 atom stereocenters. The fraction of sp³-hybridized carbons (Fsp3) is 0.294. The van der Waals surface area contributed by atoms with Crippen LogP contribution in [0, 0.1) is 0 Å². The van der Waals surface area contributed by atoms with Gasteiger partial charge in [-0.05, 0) is 36.6 Å². The molecule has 0 saturated carbocycles. The zero-order valence-electron chi connectivity index (χ0n) is 11.6. The Balaban J connectivity index is 1.59. The summed E-state index contributed by atoms with van der Waals surface area (Å²) in [7, 11) is 0. The van der Waals surface area contributed by atoms with Crippen LogP contribution in [-0.2, 0) is 13.0 Å². The van der Waals surface area contributed by atoms with Crippen molar-refractivity contribution in [3.05, 3.63) is 58.7 Å². The molecule has 1 aromatic carbocycles. The van der Waals surface area contributed by atoms with Crippen molar-refractivity contribution in [2.75, 3.05) is 0 Å². The van der Waals surface area contributed by atoms with E-state index in [0.29, 0.717) is 17.8 Å². The number of para-hydroxylation sites is 1. The summed E-state index contributed by atoms with van der Waals surface area (Å²) in [6, 6.07) is 10.4. The van der Waals surface area contributed by atoms with Crippen molar-refractivity contribution in [3.63, 3.8) is 0 Å². The van der Waals surface area contributed by atoms with E-state index in [9.17, 15) is 0 Å². The summed E-state index contributed by atoms with van der Waals surface area (Å²) in [6.45, 7) is 0.700. The fourth-order valence-corrected chi connectivity index (χ4v) is 3.41. The van der Waals surface area contributed by atoms with Crippen LogP contribution in [0.15, 0.2) is 45.4 Å². The van der Waals surface area contributed by atoms with Crippen LogP contribution in [0.4, 0.5) is 0 Å². The average Bonchev–Trinajstić information content (AvgIpc) is 3.09. The summed E-state index contributed by atoms with van der Waals surface area (Å²) in [6.07, 6.45) is 5.10. The molecule has 2 heterocycles. The Labute approximate surface area is 127 Å². The van der Waals surface area contributed by atoms with E-state index in [1.54, 1.807) is 6.26 Å². The summed E-state index contributed by atoms with van der Waals surface area (Å²) in [4.78, 5) is 0. The molecule has 3 nitrogen and oxygen atoms in total. The molecule has 2 aromatic heterocycles. The Morgan fingerprint density at radius 3 is 3.10 bits per heavy atom. The molecule has 1 unspecified atom stereocenters. The summed E-state index contributed by atoms with van der Waals surface area (Å²) < 4.78 is 11.1. The number of rotatable bonds is 3. The van der Waals surface area contributed by atoms with Gasteiger partial charge in [0.25, 0.3) is 0 Å². The van der Waals surface area contributed by atoms with Crippen molar-refractivity contribution in [3.8, 4) is 0 Å². The number of hydrogen-bond donors (Lipinski definition) is 1. The van der Waals surface area contributed by atoms with Gasteiger partial charge in [-0.25, -0.2) is 0 Å². The monoisotopic (exact) mass is 301 g/mol. The first-order chi connectivity index (χ1) is 10.3. The normalized spacial score (nSPS) is 18.0. The molecule has 4 heteroatoms. The third-order valence-electron chi connectivity index (χ3n) is 4.23. The molecule has 0 aliphatic heterocycles. The van der Waals surface area contributed by atoms with Crippen LogP contribution in [0.5, 0.6) is 0 Å². The zero-order chi connectivity index (χ0) is 14.2. The minimum Gasteiger partial charge on any atom is -0.469 e. The summed E-state index contributed by atoms with van der Waals surface area (Å²) >= 11 is 6.24. The van der Waals surface area contributed by atoms with Crippen molar-refractivity contribution in [2.24, 2.45) is 0 Å². The van der Waals surface area contributed by atoms with Gasteiger partial charge >= 0.3 is 0 Å². The second kappa shape index (κ2) is 5.24. The maximum atomic E-state index is 6.24. The molecule has 0 amide bonds. The van der Waals surface area contributed by atoms with E-state index in [0.717, 1.165) is 41.6 Å². The first kappa shape index (κ1) is 13.0. The number of nitrogens with one attached hydrogen (secondary N) is 1. The lowest BCUT2D eigenvalue weighted by Gasteiger charge is -2.22. The molecule has 0 radical (unpaired) electrons. The summed E-state index contributed by atoms with van der Waals surface area (Å²) in [5.41, 5.74) is 3.15. The lowest BCUT2D eigenvalue weighted by Crippen LogP contribution is -2.24. The van der Waals surface area contributed by atoms with Crippen molar-refractivity contribution >= 4 is 22.6 Å². The van der Waals surface area contributed by atoms with E-state index >= 15 is 0 Å². The lowest BCUT2D eigenvalue weighted by molar-refractivity contribution is 0.410. The molecule has 1 N–H and O–H groups in total. The molecule has 0 bridgehead atoms. The minimum atomic E-state index is 0.331. The predicted molar refractivity (Wildman–Crippen MR) is 82.5 cm³/mol. The van der Waals surface area contributed by atoms with Crippen LogP contribution in [0.25, 0.3) is 11.0 Å². The van der Waals surface area contributed by atoms with E-state index < -0.39 is 0 Å². The Morgan fingerprint density at radius 2 is 2.14 bits per heavy atom. The highest BCUT2D eigenvalue weighted by Crippen LogP contribution is 2.33. The molecule has 0 fully saturated rings. The molecule has 0 spiro atoms. The zero-order valence-corrected chi connectivity index (χ0v) is 12.3. The van der Waals surface area contributed by atoms with Crippen LogP contribution in [0.3, 0.4) is 0 Å². The van der Waals surface area contributed by atoms with Crippen molar-refractivity contribution in [2.45, 2.75) is 31.8 Å². The molecule has 4 rings (SSSR count). The number of hydrogen-bond acceptors (Lipinski definition) is 3. The number of furan rings is 2. The highest BCUT2D eigenvalue weighted by atomic mass is 35.5. The van der Waals surface area contributed by atoms with Gasteiger partial charge < -0.3 is 14.2 Å². The van der Waals surface area contributed by atoms with Gasteiger partial charge in [0.05, 0.1) is 6.26 Å². The van der Waals surface area contributed by atoms with Crippen molar-refractivity contribution in [1.29, 1.82) is 0 Å². The molecule has 21 heavy (non-hydrogen) atoms. The topological polar surface area (TPSA) is 38.3 Å². The number of benzene rings is 1. The molecule has 1 aliphatic rings. The van der Waals surface area contributed by atoms with Gasteiger partial charge in [-0.1, -0.05) is 18.2 Å². The average molecular weight is 302 g/mol. The minimum absolute atomic E-state index is 0.331. The first-order valence-electron chi connectivity index (χ1n) is 7.28. The molecule has 0 saturated heterocycles. The number of fused-ring (bicyclic) bond motifs is 2. The third kappa shape index (κ3) is 2.27. The van der Waals surface area contributed by atoms with Gasteiger partial charge in [0.2, 0.25) is 0 Å². The van der Waals surface area contributed by atoms with Crippen molar-refractivity contribution < 1.29 is 8.83 Å². The molecular weight excluding hydrogens is 286 g/mol. The van der Waals surface area contributed by atoms with Gasteiger partial charge in [-0.15, -0.1) is 0 Å². The summed E-state index contributed by atoms with van der Waals surface area (Å²) in [5, 5.41) is 5.16. The van der Waals surface area contributed by atoms with Crippen LogP contribution in [0.1, 0.15) is 35.8 Å². The van der Waals surface area contributed by atoms with Gasteiger partial charge in [0.1, 0.15) is 11.3 Å². The molecular formula is C17H16ClNO2. The molecule has 3 aromatic rings. The maximum absolute atomic E-state index is 6.24. The molecule has 1 aliphatic carbocycles. The van der Waals surface area contributed by atoms with Gasteiger partial charge in [0.15, 0.2) is 5.22 Å². The highest BCUT2D eigenvalue weighted by molar-refractivity contribution is 6.30. The smallest absolute Gasteiger partial charge is 0.199 e. The second-order valence-electron chi connectivity index (χ2n) is 5.48. The van der Waals surface area contributed by atoms with E-state index in [1.165, 1.54) is 5.56 Å². The number of halogens is 1. The van der Waals surface area contributed by atoms with E-state index in [2.05, 4.69) is 11.4 Å². The van der Waals surface area contributed by atoms with E-state index in [-0.39, 0.29) is 0 Å². The van der Waals surface area contributed by atoms with E-state index in [4.69, 9.17) is 20.4 Å². The SMILES string of the molecule is Clc1oc2ccccc2c1CNC1CCCc2occc21. The maximum Gasteiger partial charge on any atom is 0.199 e. The third-order valence-corrected chi connectivity index (χ3v) is 4.53. The van der Waals surface area contributed by atoms with Gasteiger partial charge in [0, 0.05) is 35.5 Å². The van der Waals surface area contributed by atoms with Gasteiger partial charge in [-0.2, -0.15) is 0 Å². The Kier molecular flexibility index (Phi) is 3.24. The molecule has 108 valence electrons. The fourth-order valence-electron chi connectivity index (χ4n) is 3.16. The van der Waals surface area contributed by atoms with Gasteiger partial charge in [-0.3, -0.25) is 0 Å². The highest BCUT2D eigenvalue weighted by Gasteiger charge is 2.23. The van der Waals surface area contributed by atoms with Crippen LogP contribution in [0.2, 0.25) is 5.22 Å². The standard InChI is InChI=1S/C17H16ClNO2/c18-17-13(11-4-1-2-6-16(11)21-17)10-19-14-5-3-7-15-12(14)8-9-20-15/h1-2,4,6,8-9,14,19H,3,5,7,10H2. The second-order valence-corrected chi connectivity index (χ2v) is 5.82. The van der Waals surface area contributed by atoms with Crippen LogP contribution >= 0.6 is 11.6 Å². The Morgan fingerprint density at radius 1 is 1.24 bits per heavy atom. The first-order valence-corrected chi connectivity index (χ1v) is 7.66. The number of aryl methyl sites for hydroxylation is 1. The summed E-state index contributed by atoms with van der Waals surface area (Å²) in [5.74, 6) is 1.11. The quantitative estimate of drug-likeness (QED) is 0.752. The Bertz CT molecular complexity index is 774. The lowest BCUT2D eigenvalue weighted by atomic mass is 9.93. The van der Waals surface area contributed by atoms with E-state index in [1.807, 2.05) is 24.3 Å².